The number of methoxy groups -OCH3 is 2. The van der Waals surface area contributed by atoms with Gasteiger partial charge in [-0.2, -0.15) is 5.10 Å². The Morgan fingerprint density at radius 3 is 2.47 bits per heavy atom. The Kier molecular flexibility index (Phi) is 6.19. The number of nitrogens with zero attached hydrogens (tertiary/aromatic N) is 2. The highest BCUT2D eigenvalue weighted by Crippen LogP contribution is 2.51. The molecule has 0 radical (unpaired) electrons. The molecule has 0 unspecified atom stereocenters. The third-order valence-corrected chi connectivity index (χ3v) is 6.50. The Balaban J connectivity index is 1.57. The van der Waals surface area contributed by atoms with Gasteiger partial charge in [-0.05, 0) is 61.5 Å². The van der Waals surface area contributed by atoms with Crippen molar-refractivity contribution in [2.24, 2.45) is 5.10 Å². The van der Waals surface area contributed by atoms with Gasteiger partial charge in [0.15, 0.2) is 11.5 Å². The molecule has 2 aliphatic heterocycles. The van der Waals surface area contributed by atoms with Gasteiger partial charge in [-0.1, -0.05) is 23.2 Å². The van der Waals surface area contributed by atoms with Crippen LogP contribution in [0.25, 0.3) is 0 Å². The van der Waals surface area contributed by atoms with Crippen LogP contribution >= 0.6 is 23.2 Å². The Morgan fingerprint density at radius 1 is 1.00 bits per heavy atom. The first-order chi connectivity index (χ1) is 16.5. The second kappa shape index (κ2) is 9.28. The first-order valence-corrected chi connectivity index (χ1v) is 11.7. The normalized spacial score (nSPS) is 18.5. The van der Waals surface area contributed by atoms with Crippen molar-refractivity contribution in [3.63, 3.8) is 0 Å². The number of fused-ring (bicyclic) bond motifs is 3. The first-order valence-electron chi connectivity index (χ1n) is 11.0. The van der Waals surface area contributed by atoms with Gasteiger partial charge in [-0.15, -0.1) is 0 Å². The van der Waals surface area contributed by atoms with Crippen LogP contribution in [0.2, 0.25) is 10.0 Å². The fourth-order valence-electron chi connectivity index (χ4n) is 4.42. The predicted molar refractivity (Wildman–Crippen MR) is 133 cm³/mol. The molecule has 0 aromatic heterocycles. The van der Waals surface area contributed by atoms with Crippen molar-refractivity contribution in [3.8, 4) is 23.0 Å². The molecule has 2 atom stereocenters. The number of hydrogen-bond acceptors (Lipinski definition) is 6. The second-order valence-electron chi connectivity index (χ2n) is 7.99. The number of benzene rings is 3. The molecule has 3 aromatic carbocycles. The summed E-state index contributed by atoms with van der Waals surface area (Å²) in [5.41, 5.74) is 3.72. The van der Waals surface area contributed by atoms with Crippen LogP contribution in [0, 0.1) is 0 Å². The Morgan fingerprint density at radius 2 is 1.76 bits per heavy atom. The largest absolute Gasteiger partial charge is 0.494 e. The molecule has 0 saturated carbocycles. The summed E-state index contributed by atoms with van der Waals surface area (Å²) in [5.74, 6) is 2.76. The molecule has 2 aliphatic rings. The predicted octanol–water partition coefficient (Wildman–Crippen LogP) is 6.65. The zero-order chi connectivity index (χ0) is 23.8. The topological polar surface area (TPSA) is 52.5 Å². The summed E-state index contributed by atoms with van der Waals surface area (Å²) in [6, 6.07) is 17.2. The van der Waals surface area contributed by atoms with E-state index in [1.807, 2.05) is 60.5 Å². The third kappa shape index (κ3) is 4.01. The van der Waals surface area contributed by atoms with Crippen molar-refractivity contribution in [1.82, 2.24) is 5.01 Å². The summed E-state index contributed by atoms with van der Waals surface area (Å²) in [6.45, 7) is 2.57. The Labute approximate surface area is 208 Å². The van der Waals surface area contributed by atoms with Gasteiger partial charge in [-0.25, -0.2) is 5.01 Å². The lowest BCUT2D eigenvalue weighted by Crippen LogP contribution is -2.33. The van der Waals surface area contributed by atoms with E-state index < -0.39 is 6.23 Å². The van der Waals surface area contributed by atoms with Crippen molar-refractivity contribution in [1.29, 1.82) is 0 Å². The van der Waals surface area contributed by atoms with Crippen molar-refractivity contribution in [2.75, 3.05) is 20.8 Å². The molecule has 0 fully saturated rings. The van der Waals surface area contributed by atoms with Crippen LogP contribution in [-0.2, 0) is 0 Å². The average Bonchev–Trinajstić information content (AvgIpc) is 3.30. The zero-order valence-corrected chi connectivity index (χ0v) is 20.6. The molecular formula is C26H24Cl2N2O4. The minimum absolute atomic E-state index is 0.0837. The molecule has 176 valence electrons. The van der Waals surface area contributed by atoms with E-state index in [0.29, 0.717) is 40.3 Å². The maximum Gasteiger partial charge on any atom is 0.213 e. The van der Waals surface area contributed by atoms with E-state index in [2.05, 4.69) is 0 Å². The lowest BCUT2D eigenvalue weighted by atomic mass is 9.95. The van der Waals surface area contributed by atoms with Crippen LogP contribution < -0.4 is 18.9 Å². The summed E-state index contributed by atoms with van der Waals surface area (Å²) < 4.78 is 22.9. The summed E-state index contributed by atoms with van der Waals surface area (Å²) >= 11 is 12.9. The van der Waals surface area contributed by atoms with Crippen molar-refractivity contribution >= 4 is 28.9 Å². The molecule has 0 spiro atoms. The average molecular weight is 499 g/mol. The van der Waals surface area contributed by atoms with Gasteiger partial charge >= 0.3 is 0 Å². The van der Waals surface area contributed by atoms with E-state index >= 15 is 0 Å². The van der Waals surface area contributed by atoms with Crippen LogP contribution in [0.5, 0.6) is 23.0 Å². The SMILES string of the molecule is CCOc1ccc([C@@H]2Oc3c(Cl)cc(Cl)cc3[C@@H]3CC(c4ccc(OC)c(OC)c4)=NN32)cc1. The fourth-order valence-corrected chi connectivity index (χ4v) is 4.97. The van der Waals surface area contributed by atoms with Gasteiger partial charge < -0.3 is 18.9 Å². The molecule has 2 heterocycles. The summed E-state index contributed by atoms with van der Waals surface area (Å²) in [6.07, 6.45) is 0.209. The van der Waals surface area contributed by atoms with E-state index in [0.717, 1.165) is 28.2 Å². The molecular weight excluding hydrogens is 475 g/mol. The maximum atomic E-state index is 6.57. The smallest absolute Gasteiger partial charge is 0.213 e. The molecule has 3 aromatic rings. The van der Waals surface area contributed by atoms with E-state index in [1.165, 1.54) is 0 Å². The molecule has 0 bridgehead atoms. The first kappa shape index (κ1) is 22.7. The number of halogens is 2. The quantitative estimate of drug-likeness (QED) is 0.380. The van der Waals surface area contributed by atoms with Gasteiger partial charge in [-0.3, -0.25) is 0 Å². The van der Waals surface area contributed by atoms with Gasteiger partial charge in [0.2, 0.25) is 6.23 Å². The van der Waals surface area contributed by atoms with Crippen LogP contribution in [0.15, 0.2) is 59.7 Å². The molecule has 0 amide bonds. The van der Waals surface area contributed by atoms with Crippen LogP contribution in [-0.4, -0.2) is 31.5 Å². The summed E-state index contributed by atoms with van der Waals surface area (Å²) in [5, 5.41) is 8.03. The Bertz CT molecular complexity index is 1250. The molecule has 5 rings (SSSR count). The standard InChI is InChI=1S/C26H24Cl2N2O4/c1-4-33-18-8-5-15(6-9-18)26-30-22(19-12-17(27)13-20(28)25(19)34-26)14-21(29-30)16-7-10-23(31-2)24(11-16)32-3/h5-13,22,26H,4,14H2,1-3H3/t22-,26-/m0/s1. The zero-order valence-electron chi connectivity index (χ0n) is 19.0. The monoisotopic (exact) mass is 498 g/mol. The van der Waals surface area contributed by atoms with Crippen LogP contribution in [0.1, 0.15) is 42.3 Å². The van der Waals surface area contributed by atoms with Crippen LogP contribution in [0.3, 0.4) is 0 Å². The molecule has 34 heavy (non-hydrogen) atoms. The maximum absolute atomic E-state index is 6.57. The lowest BCUT2D eigenvalue weighted by Gasteiger charge is -2.38. The third-order valence-electron chi connectivity index (χ3n) is 6.00. The highest BCUT2D eigenvalue weighted by molar-refractivity contribution is 6.35. The number of ether oxygens (including phenoxy) is 4. The molecule has 0 saturated heterocycles. The van der Waals surface area contributed by atoms with Crippen molar-refractivity contribution in [3.05, 3.63) is 81.3 Å². The molecule has 0 N–H and O–H groups in total. The van der Waals surface area contributed by atoms with E-state index in [9.17, 15) is 0 Å². The fraction of sp³-hybridized carbons (Fsp3) is 0.269. The highest BCUT2D eigenvalue weighted by Gasteiger charge is 2.42. The van der Waals surface area contributed by atoms with E-state index in [4.69, 9.17) is 47.3 Å². The second-order valence-corrected chi connectivity index (χ2v) is 8.84. The highest BCUT2D eigenvalue weighted by atomic mass is 35.5. The number of rotatable bonds is 6. The summed E-state index contributed by atoms with van der Waals surface area (Å²) in [7, 11) is 3.24. The van der Waals surface area contributed by atoms with Crippen molar-refractivity contribution in [2.45, 2.75) is 25.6 Å². The lowest BCUT2D eigenvalue weighted by molar-refractivity contribution is -0.0189. The minimum Gasteiger partial charge on any atom is -0.494 e. The minimum atomic E-state index is -0.454. The van der Waals surface area contributed by atoms with Gasteiger partial charge in [0.1, 0.15) is 11.5 Å². The number of hydrazone groups is 1. The Hall–Kier alpha value is -3.09. The van der Waals surface area contributed by atoms with Gasteiger partial charge in [0.25, 0.3) is 0 Å². The van der Waals surface area contributed by atoms with Crippen molar-refractivity contribution < 1.29 is 18.9 Å². The van der Waals surface area contributed by atoms with Gasteiger partial charge in [0.05, 0.1) is 37.6 Å². The molecule has 6 nitrogen and oxygen atoms in total. The molecule has 0 aliphatic carbocycles. The van der Waals surface area contributed by atoms with E-state index in [-0.39, 0.29) is 6.04 Å². The number of hydrogen-bond donors (Lipinski definition) is 0. The van der Waals surface area contributed by atoms with Gasteiger partial charge in [0, 0.05) is 28.1 Å². The van der Waals surface area contributed by atoms with E-state index in [1.54, 1.807) is 20.3 Å². The molecule has 8 heteroatoms. The van der Waals surface area contributed by atoms with Crippen LogP contribution in [0.4, 0.5) is 0 Å². The summed E-state index contributed by atoms with van der Waals surface area (Å²) in [4.78, 5) is 0.